The fourth-order valence-electron chi connectivity index (χ4n) is 2.41. The molecule has 0 N–H and O–H groups in total. The van der Waals surface area contributed by atoms with Crippen molar-refractivity contribution in [2.24, 2.45) is 0 Å². The molecule has 23 heavy (non-hydrogen) atoms. The standard InChI is InChI=1S/C18H16N2O3/c1-11-6-4-8-15(13(11)3)23-17-14(10-21)18(22)20-9-5-7-12(2)16(20)19-17/h4-10H,1-3H3. The lowest BCUT2D eigenvalue weighted by atomic mass is 10.1. The SMILES string of the molecule is Cc1cccc(Oc2nc3c(C)cccn3c(=O)c2C=O)c1C. The first kappa shape index (κ1) is 15.0. The molecule has 1 aromatic carbocycles. The summed E-state index contributed by atoms with van der Waals surface area (Å²) in [5.74, 6) is 0.617. The average molecular weight is 308 g/mol. The molecule has 0 spiro atoms. The third-order valence-corrected chi connectivity index (χ3v) is 3.93. The van der Waals surface area contributed by atoms with Gasteiger partial charge < -0.3 is 4.74 Å². The van der Waals surface area contributed by atoms with Gasteiger partial charge in [-0.25, -0.2) is 0 Å². The number of aldehydes is 1. The minimum atomic E-state index is -0.436. The number of aryl methyl sites for hydroxylation is 2. The normalized spacial score (nSPS) is 10.7. The Balaban J connectivity index is 2.24. The van der Waals surface area contributed by atoms with Crippen LogP contribution in [0.3, 0.4) is 0 Å². The quantitative estimate of drug-likeness (QED) is 0.697. The van der Waals surface area contributed by atoms with E-state index in [-0.39, 0.29) is 11.4 Å². The summed E-state index contributed by atoms with van der Waals surface area (Å²) in [6.45, 7) is 5.74. The summed E-state index contributed by atoms with van der Waals surface area (Å²) in [7, 11) is 0. The van der Waals surface area contributed by atoms with Crippen molar-refractivity contribution in [3.63, 3.8) is 0 Å². The van der Waals surface area contributed by atoms with Gasteiger partial charge in [0.05, 0.1) is 0 Å². The zero-order chi connectivity index (χ0) is 16.6. The number of carbonyl (C=O) groups excluding carboxylic acids is 1. The molecule has 0 unspecified atom stereocenters. The van der Waals surface area contributed by atoms with E-state index in [0.717, 1.165) is 16.7 Å². The molecule has 116 valence electrons. The summed E-state index contributed by atoms with van der Waals surface area (Å²) in [4.78, 5) is 28.3. The molecule has 3 rings (SSSR count). The van der Waals surface area contributed by atoms with Gasteiger partial charge in [0, 0.05) is 6.20 Å². The Morgan fingerprint density at radius 2 is 1.83 bits per heavy atom. The van der Waals surface area contributed by atoms with E-state index < -0.39 is 5.56 Å². The number of hydrogen-bond acceptors (Lipinski definition) is 4. The fraction of sp³-hybridized carbons (Fsp3) is 0.167. The molecule has 3 aromatic rings. The molecule has 0 aliphatic carbocycles. The topological polar surface area (TPSA) is 60.7 Å². The Morgan fingerprint density at radius 1 is 1.09 bits per heavy atom. The van der Waals surface area contributed by atoms with Crippen LogP contribution in [0.1, 0.15) is 27.0 Å². The van der Waals surface area contributed by atoms with Crippen LogP contribution >= 0.6 is 0 Å². The first-order chi connectivity index (χ1) is 11.0. The van der Waals surface area contributed by atoms with E-state index in [1.54, 1.807) is 18.3 Å². The predicted molar refractivity (Wildman–Crippen MR) is 87.6 cm³/mol. The number of ether oxygens (including phenoxy) is 1. The molecule has 0 saturated heterocycles. The fourth-order valence-corrected chi connectivity index (χ4v) is 2.41. The Kier molecular flexibility index (Phi) is 3.70. The molecule has 0 atom stereocenters. The lowest BCUT2D eigenvalue weighted by molar-refractivity contribution is 0.111. The number of hydrogen-bond donors (Lipinski definition) is 0. The van der Waals surface area contributed by atoms with E-state index in [0.29, 0.717) is 17.7 Å². The van der Waals surface area contributed by atoms with Gasteiger partial charge in [0.1, 0.15) is 17.0 Å². The van der Waals surface area contributed by atoms with Crippen molar-refractivity contribution in [3.05, 3.63) is 69.1 Å². The highest BCUT2D eigenvalue weighted by Gasteiger charge is 2.16. The van der Waals surface area contributed by atoms with Crippen LogP contribution in [-0.2, 0) is 0 Å². The molecular formula is C18H16N2O3. The van der Waals surface area contributed by atoms with Gasteiger partial charge in [-0.15, -0.1) is 0 Å². The minimum absolute atomic E-state index is 0.0352. The second-order valence-corrected chi connectivity index (χ2v) is 5.44. The van der Waals surface area contributed by atoms with Gasteiger partial charge >= 0.3 is 0 Å². The van der Waals surface area contributed by atoms with Crippen molar-refractivity contribution in [1.82, 2.24) is 9.38 Å². The Labute approximate surface area is 133 Å². The number of fused-ring (bicyclic) bond motifs is 1. The van der Waals surface area contributed by atoms with Gasteiger partial charge in [0.2, 0.25) is 5.88 Å². The highest BCUT2D eigenvalue weighted by atomic mass is 16.5. The maximum atomic E-state index is 12.5. The van der Waals surface area contributed by atoms with Gasteiger partial charge in [-0.2, -0.15) is 4.98 Å². The molecule has 0 aliphatic rings. The maximum absolute atomic E-state index is 12.5. The number of pyridine rings is 1. The van der Waals surface area contributed by atoms with Gasteiger partial charge in [0.15, 0.2) is 6.29 Å². The largest absolute Gasteiger partial charge is 0.438 e. The molecule has 0 radical (unpaired) electrons. The molecule has 5 heteroatoms. The first-order valence-electron chi connectivity index (χ1n) is 7.24. The van der Waals surface area contributed by atoms with Crippen molar-refractivity contribution in [3.8, 4) is 11.6 Å². The highest BCUT2D eigenvalue weighted by molar-refractivity contribution is 5.78. The molecule has 5 nitrogen and oxygen atoms in total. The van der Waals surface area contributed by atoms with Crippen LogP contribution in [0.25, 0.3) is 5.65 Å². The number of aromatic nitrogens is 2. The summed E-state index contributed by atoms with van der Waals surface area (Å²) in [5, 5.41) is 0. The second kappa shape index (κ2) is 5.68. The van der Waals surface area contributed by atoms with Gasteiger partial charge in [-0.3, -0.25) is 14.0 Å². The summed E-state index contributed by atoms with van der Waals surface area (Å²) in [5.41, 5.74) is 2.78. The van der Waals surface area contributed by atoms with Crippen LogP contribution in [0.5, 0.6) is 11.6 Å². The molecule has 0 saturated carbocycles. The maximum Gasteiger partial charge on any atom is 0.272 e. The molecule has 2 aromatic heterocycles. The predicted octanol–water partition coefficient (Wildman–Crippen LogP) is 3.22. The molecule has 0 bridgehead atoms. The number of carbonyl (C=O) groups is 1. The molecular weight excluding hydrogens is 292 g/mol. The first-order valence-corrected chi connectivity index (χ1v) is 7.24. The Morgan fingerprint density at radius 3 is 2.57 bits per heavy atom. The van der Waals surface area contributed by atoms with E-state index >= 15 is 0 Å². The lowest BCUT2D eigenvalue weighted by Crippen LogP contribution is -2.21. The Bertz CT molecular complexity index is 974. The number of nitrogens with zero attached hydrogens (tertiary/aromatic N) is 2. The average Bonchev–Trinajstić information content (AvgIpc) is 2.53. The van der Waals surface area contributed by atoms with Crippen LogP contribution in [0, 0.1) is 20.8 Å². The van der Waals surface area contributed by atoms with Crippen molar-refractivity contribution < 1.29 is 9.53 Å². The lowest BCUT2D eigenvalue weighted by Gasteiger charge is -2.12. The van der Waals surface area contributed by atoms with Crippen molar-refractivity contribution >= 4 is 11.9 Å². The third-order valence-electron chi connectivity index (χ3n) is 3.93. The monoisotopic (exact) mass is 308 g/mol. The summed E-state index contributed by atoms with van der Waals surface area (Å²) >= 11 is 0. The smallest absolute Gasteiger partial charge is 0.272 e. The molecule has 0 amide bonds. The summed E-state index contributed by atoms with van der Waals surface area (Å²) in [6.07, 6.45) is 2.08. The Hall–Kier alpha value is -2.95. The molecule has 0 aliphatic heterocycles. The van der Waals surface area contributed by atoms with Gasteiger partial charge in [0.25, 0.3) is 5.56 Å². The van der Waals surface area contributed by atoms with E-state index in [4.69, 9.17) is 4.74 Å². The van der Waals surface area contributed by atoms with Crippen LogP contribution in [0.2, 0.25) is 0 Å². The summed E-state index contributed by atoms with van der Waals surface area (Å²) < 4.78 is 7.16. The van der Waals surface area contributed by atoms with E-state index in [1.807, 2.05) is 39.0 Å². The van der Waals surface area contributed by atoms with E-state index in [2.05, 4.69) is 4.98 Å². The molecule has 0 fully saturated rings. The zero-order valence-electron chi connectivity index (χ0n) is 13.2. The minimum Gasteiger partial charge on any atom is -0.438 e. The van der Waals surface area contributed by atoms with Crippen molar-refractivity contribution in [1.29, 1.82) is 0 Å². The third kappa shape index (κ3) is 2.50. The van der Waals surface area contributed by atoms with Gasteiger partial charge in [-0.05, 0) is 49.6 Å². The second-order valence-electron chi connectivity index (χ2n) is 5.44. The number of rotatable bonds is 3. The summed E-state index contributed by atoms with van der Waals surface area (Å²) in [6, 6.07) is 9.21. The van der Waals surface area contributed by atoms with E-state index in [1.165, 1.54) is 4.40 Å². The highest BCUT2D eigenvalue weighted by Crippen LogP contribution is 2.27. The van der Waals surface area contributed by atoms with Crippen LogP contribution < -0.4 is 10.3 Å². The zero-order valence-corrected chi connectivity index (χ0v) is 13.2. The number of benzene rings is 1. The van der Waals surface area contributed by atoms with E-state index in [9.17, 15) is 9.59 Å². The van der Waals surface area contributed by atoms with Crippen molar-refractivity contribution in [2.75, 3.05) is 0 Å². The van der Waals surface area contributed by atoms with Crippen LogP contribution in [0.15, 0.2) is 41.3 Å². The van der Waals surface area contributed by atoms with Crippen molar-refractivity contribution in [2.45, 2.75) is 20.8 Å². The van der Waals surface area contributed by atoms with Crippen LogP contribution in [0.4, 0.5) is 0 Å². The molecule has 2 heterocycles. The van der Waals surface area contributed by atoms with Gasteiger partial charge in [-0.1, -0.05) is 18.2 Å². The van der Waals surface area contributed by atoms with Crippen LogP contribution in [-0.4, -0.2) is 15.7 Å².